The number of ether oxygens (including phenoxy) is 4. The van der Waals surface area contributed by atoms with E-state index in [1.54, 1.807) is 0 Å². The van der Waals surface area contributed by atoms with Crippen molar-refractivity contribution in [2.24, 2.45) is 17.2 Å². The zero-order chi connectivity index (χ0) is 92.2. The van der Waals surface area contributed by atoms with E-state index in [0.717, 1.165) is 168 Å². The van der Waals surface area contributed by atoms with Crippen LogP contribution in [0.4, 0.5) is 0 Å². The summed E-state index contributed by atoms with van der Waals surface area (Å²) in [6, 6.07) is 6.45. The third-order valence-corrected chi connectivity index (χ3v) is 21.5. The van der Waals surface area contributed by atoms with Crippen molar-refractivity contribution in [3.05, 3.63) is 185 Å². The number of Topliss-reactive ketones (excluding diaryl/α,β-unsaturated/α-hetero) is 3. The van der Waals surface area contributed by atoms with E-state index >= 15 is 0 Å². The maximum absolute atomic E-state index is 12.5. The maximum Gasteiger partial charge on any atom is 0.289 e. The summed E-state index contributed by atoms with van der Waals surface area (Å²) in [4.78, 5) is 98.6. The molecule has 3 amide bonds. The summed E-state index contributed by atoms with van der Waals surface area (Å²) in [6.45, 7) is 38.1. The van der Waals surface area contributed by atoms with Gasteiger partial charge in [0.1, 0.15) is 22.1 Å². The Bertz CT molecular complexity index is 5370. The number of carbonyl (C=O) groups is 6. The molecule has 12 rings (SSSR count). The average molecular weight is 2750 g/mol. The number of ketones is 3. The Kier molecular flexibility index (Phi) is 67.6. The average Bonchev–Trinajstić information content (AvgIpc) is 1.60. The number of rotatable bonds is 38. The van der Waals surface area contributed by atoms with Gasteiger partial charge in [0.05, 0.1) is 94.0 Å². The monoisotopic (exact) mass is 2750 g/mol. The number of fused-ring (bicyclic) bond motifs is 6. The molecule has 35 heteroatoms. The van der Waals surface area contributed by atoms with Crippen molar-refractivity contribution in [1.29, 1.82) is 0 Å². The molecule has 0 atom stereocenters. The summed E-state index contributed by atoms with van der Waals surface area (Å²) in [7, 11) is 0. The largest absolute Gasteiger partial charge is 0.476 e. The first-order chi connectivity index (χ1) is 59.9. The molecule has 12 aromatic rings. The Morgan fingerprint density at radius 3 is 0.837 bits per heavy atom. The van der Waals surface area contributed by atoms with E-state index in [1.807, 2.05) is 128 Å². The quantitative estimate of drug-likeness (QED) is 0.0132. The zero-order valence-electron chi connectivity index (χ0n) is 78.6. The molecular formula is C100H154Ac4ClN15O15. The molecule has 738 valence electrons. The number of primary amides is 3. The predicted molar refractivity (Wildman–Crippen MR) is 527 cm³/mol. The molecule has 0 unspecified atom stereocenters. The van der Waals surface area contributed by atoms with Gasteiger partial charge < -0.3 is 88.1 Å². The van der Waals surface area contributed by atoms with Crippen molar-refractivity contribution < 1.29 is 249 Å². The van der Waals surface area contributed by atoms with Crippen molar-refractivity contribution >= 4 is 79.8 Å². The number of nitrogens with two attached hydrogens (primary N) is 3. The molecular weight excluding hydrogens is 2590 g/mol. The molecule has 0 saturated heterocycles. The summed E-state index contributed by atoms with van der Waals surface area (Å²) >= 11 is 6.16. The van der Waals surface area contributed by atoms with Gasteiger partial charge in [-0.25, -0.2) is 24.9 Å². The molecule has 0 saturated carbocycles. The topological polar surface area (TPSA) is 422 Å². The van der Waals surface area contributed by atoms with E-state index in [9.17, 15) is 28.8 Å². The number of amides is 3. The Hall–Kier alpha value is -5.38. The minimum absolute atomic E-state index is 0. The van der Waals surface area contributed by atoms with Gasteiger partial charge in [0, 0.05) is 281 Å². The van der Waals surface area contributed by atoms with Crippen molar-refractivity contribution in [1.82, 2.24) is 56.3 Å². The van der Waals surface area contributed by atoms with E-state index < -0.39 is 35.1 Å². The number of hydrogen-bond donors (Lipinski definition) is 8. The van der Waals surface area contributed by atoms with Gasteiger partial charge in [-0.2, -0.15) is 0 Å². The van der Waals surface area contributed by atoms with Gasteiger partial charge in [-0.1, -0.05) is 111 Å². The number of aliphatic hydroxyl groups is 5. The fourth-order valence-electron chi connectivity index (χ4n) is 16.2. The van der Waals surface area contributed by atoms with Crippen LogP contribution < -0.4 is 36.1 Å². The number of aromatic nitrogens is 12. The molecule has 0 fully saturated rings. The van der Waals surface area contributed by atoms with Crippen molar-refractivity contribution in [3.8, 4) is 23.5 Å². The number of halogens is 1. The minimum atomic E-state index is -1.02. The Morgan fingerprint density at radius 2 is 0.556 bits per heavy atom. The van der Waals surface area contributed by atoms with Gasteiger partial charge in [0.2, 0.25) is 23.5 Å². The van der Waals surface area contributed by atoms with Crippen LogP contribution in [0.15, 0.2) is 55.4 Å². The van der Waals surface area contributed by atoms with E-state index in [0.29, 0.717) is 116 Å². The standard InChI is InChI=1S/C18H25N3O3.2C17H23N3O4.C15H22N2O2.C14H20N2O.C13H17ClN2O.6CH4.4Ac/c1-5-8-9-12-13(6-2)21-10-11(4)20-18(24-7-3)15(21)14(12)16(22)17(19)23;2*1-4-12-11(7-6-8-21)13(15(22)16(18)23)14-17(24-5-2)19-10(3)9-20(12)14;1-4-13-12(7-6-8-18)9-14-15(19-5-2)16-11(3)10-17(13)14;1-4-13-12(6-5-7-17)8-14-11(3)15-10(2)9-16(13)14;1-3-11-10(5-4-6-17)7-12-13(14)15-9(2)8-16(11)12;;;;;;;;;;/h10H,5-9H2,1-4H3,(H2,19,23);2*9,21H,4-8H2,1-3H3,(H2,18,23);9-10,18H,4-8H2,1-3H3;8-9,17H,4-7H2,1-3H3;7-8,17H,3-6H2,1-2H3;6*1H4;;;;. The third-order valence-electron chi connectivity index (χ3n) is 21.2. The molecule has 0 aliphatic heterocycles. The van der Waals surface area contributed by atoms with Gasteiger partial charge in [0.15, 0.2) is 5.15 Å². The second-order valence-electron chi connectivity index (χ2n) is 30.2. The van der Waals surface area contributed by atoms with Crippen LogP contribution in [0.2, 0.25) is 5.15 Å². The van der Waals surface area contributed by atoms with Crippen molar-refractivity contribution in [2.75, 3.05) is 59.5 Å². The van der Waals surface area contributed by atoms with Gasteiger partial charge >= 0.3 is 0 Å². The maximum atomic E-state index is 12.5. The predicted octanol–water partition coefficient (Wildman–Crippen LogP) is 16.6. The van der Waals surface area contributed by atoms with Crippen LogP contribution in [0.3, 0.4) is 0 Å². The molecule has 12 aromatic heterocycles. The second kappa shape index (κ2) is 67.2. The number of hydrogen-bond acceptors (Lipinski definition) is 21. The van der Waals surface area contributed by atoms with Crippen LogP contribution in [-0.2, 0) is 91.4 Å². The van der Waals surface area contributed by atoms with Crippen LogP contribution >= 0.6 is 11.6 Å². The minimum Gasteiger partial charge on any atom is -0.476 e. The van der Waals surface area contributed by atoms with E-state index in [4.69, 9.17) is 73.3 Å². The summed E-state index contributed by atoms with van der Waals surface area (Å²) < 4.78 is 34.7. The number of carbonyl (C=O) groups excluding carboxylic acids is 6. The first-order valence-corrected chi connectivity index (χ1v) is 44.1. The molecule has 30 nitrogen and oxygen atoms in total. The molecule has 0 aliphatic rings. The SMILES string of the molecule is C.C.C.C.C.C.CCCCc1c(C(=O)C(N)=O)c2c(OCC)nc(C)cn2c1CC.CCOc1nc(C)cn2c(CC)c(CCCO)c(C(=O)C(N)=O)c12.CCOc1nc(C)cn2c(CC)c(CCCO)c(C(=O)C(N)=O)c12.CCOc1nc(C)cn2c(CC)c(CCCO)cc12.CCc1c(CCCO)cc2c(C)nc(C)cn12.CCc1c(CCCO)cc2c(Cl)nc(C)cn12.[Ac].[Ac].[Ac].[Ac]. The summed E-state index contributed by atoms with van der Waals surface area (Å²) in [5, 5.41) is 45.8. The fourth-order valence-corrected chi connectivity index (χ4v) is 16.5. The van der Waals surface area contributed by atoms with Gasteiger partial charge in [-0.15, -0.1) is 0 Å². The van der Waals surface area contributed by atoms with E-state index in [1.165, 1.54) is 39.3 Å². The molecule has 0 aromatic carbocycles. The van der Waals surface area contributed by atoms with Crippen molar-refractivity contribution in [2.45, 2.75) is 291 Å². The molecule has 0 bridgehead atoms. The molecule has 0 aliphatic carbocycles. The summed E-state index contributed by atoms with van der Waals surface area (Å²) in [5.41, 5.74) is 40.5. The summed E-state index contributed by atoms with van der Waals surface area (Å²) in [5.74, 6) is -3.47. The van der Waals surface area contributed by atoms with E-state index in [2.05, 4.69) is 108 Å². The first kappa shape index (κ1) is 136. The Labute approximate surface area is 949 Å². The molecule has 12 heterocycles. The van der Waals surface area contributed by atoms with Crippen LogP contribution in [0.1, 0.15) is 304 Å². The number of nitrogens with zero attached hydrogens (tertiary/aromatic N) is 12. The van der Waals surface area contributed by atoms with Crippen LogP contribution in [0.5, 0.6) is 23.5 Å². The van der Waals surface area contributed by atoms with Crippen LogP contribution in [-0.4, -0.2) is 176 Å². The fraction of sp³-hybridized carbons (Fsp3) is 0.520. The van der Waals surface area contributed by atoms with Gasteiger partial charge in [-0.3, -0.25) is 33.8 Å². The smallest absolute Gasteiger partial charge is 0.289 e. The van der Waals surface area contributed by atoms with Crippen LogP contribution in [0, 0.1) is 225 Å². The molecule has 4 radical (unpaired) electrons. The van der Waals surface area contributed by atoms with Gasteiger partial charge in [-0.05, 0) is 243 Å². The van der Waals surface area contributed by atoms with Gasteiger partial charge in [0.25, 0.3) is 35.1 Å². The Morgan fingerprint density at radius 1 is 0.319 bits per heavy atom. The third kappa shape index (κ3) is 33.9. The second-order valence-corrected chi connectivity index (χ2v) is 30.6. The number of aliphatic hydroxyl groups excluding tert-OH is 5. The van der Waals surface area contributed by atoms with Crippen LogP contribution in [0.25, 0.3) is 33.1 Å². The molecule has 0 spiro atoms. The zero-order valence-corrected chi connectivity index (χ0v) is 98.3. The first-order valence-electron chi connectivity index (χ1n) is 43.7. The number of unbranched alkanes of at least 4 members (excludes halogenated alkanes) is 1. The molecule has 11 N–H and O–H groups in total. The number of aryl methyl sites for hydroxylation is 16. The Balaban J connectivity index is -0.000000755. The normalized spacial score (nSPS) is 10.3. The van der Waals surface area contributed by atoms with E-state index in [-0.39, 0.29) is 265 Å². The van der Waals surface area contributed by atoms with Crippen molar-refractivity contribution in [3.63, 3.8) is 0 Å². The summed E-state index contributed by atoms with van der Waals surface area (Å²) in [6.07, 6.45) is 26.4. The molecule has 135 heavy (non-hydrogen) atoms.